The molecular formula is C15H24BrNO3. The summed E-state index contributed by atoms with van der Waals surface area (Å²) in [6.45, 7) is 7.56. The highest BCUT2D eigenvalue weighted by Crippen LogP contribution is 2.36. The predicted molar refractivity (Wildman–Crippen MR) is 84.5 cm³/mol. The number of methoxy groups -OCH3 is 1. The van der Waals surface area contributed by atoms with Gasteiger partial charge in [-0.25, -0.2) is 0 Å². The summed E-state index contributed by atoms with van der Waals surface area (Å²) < 4.78 is 11.8. The zero-order valence-corrected chi connectivity index (χ0v) is 14.2. The second kappa shape index (κ2) is 7.86. The van der Waals surface area contributed by atoms with E-state index in [9.17, 15) is 0 Å². The highest BCUT2D eigenvalue weighted by molar-refractivity contribution is 9.10. The first-order chi connectivity index (χ1) is 9.43. The number of aliphatic hydroxyl groups is 1. The lowest BCUT2D eigenvalue weighted by Gasteiger charge is -2.26. The lowest BCUT2D eigenvalue weighted by atomic mass is 10.0. The molecule has 0 fully saturated rings. The number of nitrogens with one attached hydrogen (secondary N) is 1. The van der Waals surface area contributed by atoms with Crippen LogP contribution in [0.5, 0.6) is 11.5 Å². The van der Waals surface area contributed by atoms with Gasteiger partial charge in [0.1, 0.15) is 0 Å². The molecular weight excluding hydrogens is 322 g/mol. The maximum Gasteiger partial charge on any atom is 0.175 e. The molecule has 1 aromatic rings. The lowest BCUT2D eigenvalue weighted by Crippen LogP contribution is -2.39. The zero-order chi connectivity index (χ0) is 15.2. The van der Waals surface area contributed by atoms with E-state index in [-0.39, 0.29) is 12.1 Å². The summed E-state index contributed by atoms with van der Waals surface area (Å²) in [4.78, 5) is 0. The average Bonchev–Trinajstić information content (AvgIpc) is 2.39. The van der Waals surface area contributed by atoms with Crippen LogP contribution in [-0.4, -0.2) is 31.0 Å². The Morgan fingerprint density at radius 2 is 2.05 bits per heavy atom. The Morgan fingerprint density at radius 3 is 2.60 bits per heavy atom. The third-order valence-corrected chi connectivity index (χ3v) is 3.67. The Morgan fingerprint density at radius 1 is 1.35 bits per heavy atom. The lowest BCUT2D eigenvalue weighted by molar-refractivity contribution is 0.230. The first-order valence-corrected chi connectivity index (χ1v) is 7.58. The largest absolute Gasteiger partial charge is 0.493 e. The van der Waals surface area contributed by atoms with Crippen molar-refractivity contribution in [1.29, 1.82) is 0 Å². The van der Waals surface area contributed by atoms with Crippen molar-refractivity contribution in [3.63, 3.8) is 0 Å². The smallest absolute Gasteiger partial charge is 0.175 e. The van der Waals surface area contributed by atoms with Crippen LogP contribution in [0, 0.1) is 0 Å². The fourth-order valence-electron chi connectivity index (χ4n) is 1.87. The molecule has 5 heteroatoms. The number of ether oxygens (including phenoxy) is 2. The van der Waals surface area contributed by atoms with Crippen molar-refractivity contribution in [2.45, 2.75) is 39.3 Å². The third kappa shape index (κ3) is 4.96. The quantitative estimate of drug-likeness (QED) is 0.760. The van der Waals surface area contributed by atoms with Crippen LogP contribution in [0.15, 0.2) is 16.6 Å². The van der Waals surface area contributed by atoms with Crippen molar-refractivity contribution < 1.29 is 14.6 Å². The molecule has 0 aliphatic carbocycles. The van der Waals surface area contributed by atoms with Crippen LogP contribution in [0.1, 0.15) is 32.8 Å². The molecule has 0 aromatic heterocycles. The Labute approximate surface area is 129 Å². The van der Waals surface area contributed by atoms with E-state index in [0.29, 0.717) is 19.6 Å². The molecule has 0 heterocycles. The summed E-state index contributed by atoms with van der Waals surface area (Å²) >= 11 is 3.52. The minimum absolute atomic E-state index is 0.104. The molecule has 0 bridgehead atoms. The topological polar surface area (TPSA) is 50.7 Å². The van der Waals surface area contributed by atoms with Gasteiger partial charge in [-0.1, -0.05) is 0 Å². The van der Waals surface area contributed by atoms with E-state index in [1.54, 1.807) is 7.11 Å². The number of halogens is 1. The van der Waals surface area contributed by atoms with E-state index >= 15 is 0 Å². The molecule has 0 saturated carbocycles. The normalized spacial score (nSPS) is 11.5. The van der Waals surface area contributed by atoms with Crippen LogP contribution in [0.4, 0.5) is 0 Å². The maximum atomic E-state index is 9.04. The van der Waals surface area contributed by atoms with Gasteiger partial charge in [0.15, 0.2) is 11.5 Å². The van der Waals surface area contributed by atoms with E-state index in [4.69, 9.17) is 14.6 Å². The van der Waals surface area contributed by atoms with Crippen molar-refractivity contribution >= 4 is 15.9 Å². The van der Waals surface area contributed by atoms with Crippen molar-refractivity contribution in [2.24, 2.45) is 0 Å². The summed E-state index contributed by atoms with van der Waals surface area (Å²) in [5.41, 5.74) is 0.996. The Hall–Kier alpha value is -0.780. The van der Waals surface area contributed by atoms with Gasteiger partial charge in [0.05, 0.1) is 18.2 Å². The molecule has 4 nitrogen and oxygen atoms in total. The monoisotopic (exact) mass is 345 g/mol. The van der Waals surface area contributed by atoms with Crippen LogP contribution in [-0.2, 0) is 6.54 Å². The predicted octanol–water partition coefficient (Wildman–Crippen LogP) is 3.11. The Balaban J connectivity index is 2.84. The van der Waals surface area contributed by atoms with Crippen LogP contribution >= 0.6 is 15.9 Å². The highest BCUT2D eigenvalue weighted by atomic mass is 79.9. The highest BCUT2D eigenvalue weighted by Gasteiger charge is 2.17. The van der Waals surface area contributed by atoms with Crippen molar-refractivity contribution in [1.82, 2.24) is 5.32 Å². The molecule has 0 aliphatic heterocycles. The number of aliphatic hydroxyl groups excluding tert-OH is 1. The number of hydrogen-bond acceptors (Lipinski definition) is 4. The molecule has 20 heavy (non-hydrogen) atoms. The molecule has 0 radical (unpaired) electrons. The van der Waals surface area contributed by atoms with Gasteiger partial charge in [0.2, 0.25) is 0 Å². The molecule has 1 rings (SSSR count). The summed E-state index contributed by atoms with van der Waals surface area (Å²) in [6.07, 6.45) is 0.711. The van der Waals surface area contributed by atoms with Crippen LogP contribution in [0.3, 0.4) is 0 Å². The van der Waals surface area contributed by atoms with Gasteiger partial charge in [0.25, 0.3) is 0 Å². The SMILES string of the molecule is CCOc1c(Br)cc(CNC(C)(C)CCO)cc1OC. The second-order valence-corrected chi connectivity index (χ2v) is 6.11. The minimum atomic E-state index is -0.104. The average molecular weight is 346 g/mol. The number of benzene rings is 1. The maximum absolute atomic E-state index is 9.04. The first-order valence-electron chi connectivity index (χ1n) is 6.78. The molecule has 0 aliphatic rings. The van der Waals surface area contributed by atoms with E-state index in [2.05, 4.69) is 35.1 Å². The molecule has 114 valence electrons. The Kier molecular flexibility index (Phi) is 6.79. The van der Waals surface area contributed by atoms with Gasteiger partial charge in [-0.2, -0.15) is 0 Å². The van der Waals surface area contributed by atoms with E-state index < -0.39 is 0 Å². The molecule has 0 spiro atoms. The summed E-state index contributed by atoms with van der Waals surface area (Å²) in [7, 11) is 1.64. The molecule has 0 amide bonds. The summed E-state index contributed by atoms with van der Waals surface area (Å²) in [6, 6.07) is 3.99. The van der Waals surface area contributed by atoms with Gasteiger partial charge < -0.3 is 19.9 Å². The van der Waals surface area contributed by atoms with E-state index in [1.807, 2.05) is 19.1 Å². The van der Waals surface area contributed by atoms with Crippen LogP contribution in [0.25, 0.3) is 0 Å². The number of hydrogen-bond donors (Lipinski definition) is 2. The molecule has 0 atom stereocenters. The second-order valence-electron chi connectivity index (χ2n) is 5.25. The fraction of sp³-hybridized carbons (Fsp3) is 0.600. The fourth-order valence-corrected chi connectivity index (χ4v) is 2.47. The summed E-state index contributed by atoms with van der Waals surface area (Å²) in [5, 5.41) is 12.5. The molecule has 0 saturated heterocycles. The molecule has 2 N–H and O–H groups in total. The molecule has 1 aromatic carbocycles. The van der Waals surface area contributed by atoms with Crippen LogP contribution in [0.2, 0.25) is 0 Å². The number of rotatable bonds is 8. The van der Waals surface area contributed by atoms with Gasteiger partial charge in [-0.3, -0.25) is 0 Å². The zero-order valence-electron chi connectivity index (χ0n) is 12.6. The summed E-state index contributed by atoms with van der Waals surface area (Å²) in [5.74, 6) is 1.45. The van der Waals surface area contributed by atoms with Crippen LogP contribution < -0.4 is 14.8 Å². The standard InChI is InChI=1S/C15H24BrNO3/c1-5-20-14-12(16)8-11(9-13(14)19-4)10-17-15(2,3)6-7-18/h8-9,17-18H,5-7,10H2,1-4H3. The van der Waals surface area contributed by atoms with Gasteiger partial charge in [0, 0.05) is 18.7 Å². The van der Waals surface area contributed by atoms with E-state index in [1.165, 1.54) is 0 Å². The third-order valence-electron chi connectivity index (χ3n) is 3.09. The molecule has 0 unspecified atom stereocenters. The Bertz CT molecular complexity index is 435. The first kappa shape index (κ1) is 17.3. The van der Waals surface area contributed by atoms with Crippen molar-refractivity contribution in [3.8, 4) is 11.5 Å². The van der Waals surface area contributed by atoms with Crippen molar-refractivity contribution in [3.05, 3.63) is 22.2 Å². The van der Waals surface area contributed by atoms with Gasteiger partial charge in [-0.05, 0) is 60.8 Å². The van der Waals surface area contributed by atoms with Crippen molar-refractivity contribution in [2.75, 3.05) is 20.3 Å². The van der Waals surface area contributed by atoms with E-state index in [0.717, 1.165) is 21.5 Å². The van der Waals surface area contributed by atoms with Gasteiger partial charge in [-0.15, -0.1) is 0 Å². The van der Waals surface area contributed by atoms with Gasteiger partial charge >= 0.3 is 0 Å². The minimum Gasteiger partial charge on any atom is -0.493 e.